The molecule has 2 aromatic heterocycles. The molecule has 154 valence electrons. The van der Waals surface area contributed by atoms with Crippen LogP contribution in [-0.2, 0) is 24.1 Å². The zero-order valence-corrected chi connectivity index (χ0v) is 16.5. The highest BCUT2D eigenvalue weighted by Gasteiger charge is 2.25. The lowest BCUT2D eigenvalue weighted by Gasteiger charge is -2.13. The molecule has 3 aromatic rings. The van der Waals surface area contributed by atoms with Gasteiger partial charge in [0, 0.05) is 36.0 Å². The number of hydrogen-bond donors (Lipinski definition) is 2. The lowest BCUT2D eigenvalue weighted by molar-refractivity contribution is -0.125. The molecule has 1 aliphatic carbocycles. The lowest BCUT2D eigenvalue weighted by atomic mass is 9.99. The van der Waals surface area contributed by atoms with E-state index < -0.39 is 0 Å². The Kier molecular flexibility index (Phi) is 5.97. The second-order valence-corrected chi connectivity index (χ2v) is 7.52. The molecule has 0 spiro atoms. The van der Waals surface area contributed by atoms with Crippen LogP contribution in [-0.4, -0.2) is 27.4 Å². The lowest BCUT2D eigenvalue weighted by Crippen LogP contribution is -2.32. The maximum absolute atomic E-state index is 13.2. The third kappa shape index (κ3) is 4.62. The number of nitrogens with zero attached hydrogens (tertiary/aromatic N) is 2. The molecule has 1 atom stereocenters. The Morgan fingerprint density at radius 2 is 1.97 bits per heavy atom. The summed E-state index contributed by atoms with van der Waals surface area (Å²) in [6.07, 6.45) is 6.59. The van der Waals surface area contributed by atoms with Crippen LogP contribution < -0.4 is 10.9 Å². The summed E-state index contributed by atoms with van der Waals surface area (Å²) >= 11 is 0. The molecule has 2 N–H and O–H groups in total. The Bertz CT molecular complexity index is 1080. The van der Waals surface area contributed by atoms with E-state index in [1.54, 1.807) is 24.5 Å². The Morgan fingerprint density at radius 1 is 1.17 bits per heavy atom. The van der Waals surface area contributed by atoms with E-state index in [1.807, 2.05) is 12.1 Å². The van der Waals surface area contributed by atoms with E-state index >= 15 is 0 Å². The minimum Gasteiger partial charge on any atom is -0.356 e. The topological polar surface area (TPSA) is 87.7 Å². The highest BCUT2D eigenvalue weighted by molar-refractivity contribution is 5.78. The molecular weight excluding hydrogens is 383 g/mol. The number of halogens is 1. The van der Waals surface area contributed by atoms with Crippen LogP contribution in [0.5, 0.6) is 0 Å². The van der Waals surface area contributed by atoms with Crippen LogP contribution >= 0.6 is 0 Å². The van der Waals surface area contributed by atoms with Gasteiger partial charge in [-0.05, 0) is 68.0 Å². The number of fused-ring (bicyclic) bond motifs is 1. The Hall–Kier alpha value is -3.35. The molecule has 0 aliphatic heterocycles. The number of aromatic amines is 1. The van der Waals surface area contributed by atoms with E-state index in [2.05, 4.69) is 20.3 Å². The number of carbonyl (C=O) groups is 1. The van der Waals surface area contributed by atoms with Gasteiger partial charge in [-0.3, -0.25) is 14.6 Å². The van der Waals surface area contributed by atoms with Gasteiger partial charge in [-0.15, -0.1) is 0 Å². The highest BCUT2D eigenvalue weighted by Crippen LogP contribution is 2.23. The first-order valence-electron chi connectivity index (χ1n) is 10.1. The van der Waals surface area contributed by atoms with Crippen LogP contribution in [0.2, 0.25) is 0 Å². The van der Waals surface area contributed by atoms with E-state index in [-0.39, 0.29) is 23.2 Å². The molecule has 1 aromatic carbocycles. The second-order valence-electron chi connectivity index (χ2n) is 7.52. The standard InChI is InChI=1S/C23H23FN4O2/c24-18-7-3-16(4-8-18)21-27-20-10-6-17(5-9-19(20)23(30)28-21)22(29)26-13-11-15-2-1-12-25-14-15/h1-4,7-8,12,14,17H,5-6,9-11,13H2,(H,26,29)(H,27,28,30). The quantitative estimate of drug-likeness (QED) is 0.638. The van der Waals surface area contributed by atoms with Crippen LogP contribution in [0.3, 0.4) is 0 Å². The second kappa shape index (κ2) is 8.98. The Balaban J connectivity index is 1.41. The number of nitrogens with one attached hydrogen (secondary N) is 2. The first kappa shape index (κ1) is 19.9. The summed E-state index contributed by atoms with van der Waals surface area (Å²) in [4.78, 5) is 36.7. The minimum atomic E-state index is -0.340. The molecule has 0 saturated heterocycles. The predicted octanol–water partition coefficient (Wildman–Crippen LogP) is 2.82. The summed E-state index contributed by atoms with van der Waals surface area (Å²) in [5, 5.41) is 3.00. The van der Waals surface area contributed by atoms with Crippen molar-refractivity contribution in [1.29, 1.82) is 0 Å². The molecule has 4 rings (SSSR count). The zero-order chi connectivity index (χ0) is 20.9. The van der Waals surface area contributed by atoms with Gasteiger partial charge in [-0.2, -0.15) is 0 Å². The van der Waals surface area contributed by atoms with E-state index in [4.69, 9.17) is 0 Å². The summed E-state index contributed by atoms with van der Waals surface area (Å²) in [5.74, 6) is -0.0463. The molecule has 6 nitrogen and oxygen atoms in total. The molecule has 1 aliphatic rings. The van der Waals surface area contributed by atoms with E-state index in [0.717, 1.165) is 17.7 Å². The summed E-state index contributed by atoms with van der Waals surface area (Å²) in [6.45, 7) is 0.557. The van der Waals surface area contributed by atoms with Crippen molar-refractivity contribution in [3.8, 4) is 11.4 Å². The molecule has 0 radical (unpaired) electrons. The fourth-order valence-electron chi connectivity index (χ4n) is 3.81. The smallest absolute Gasteiger partial charge is 0.254 e. The number of pyridine rings is 1. The summed E-state index contributed by atoms with van der Waals surface area (Å²) in [5.41, 5.74) is 2.92. The average Bonchev–Trinajstić information content (AvgIpc) is 2.98. The monoisotopic (exact) mass is 406 g/mol. The number of carbonyl (C=O) groups excluding carboxylic acids is 1. The van der Waals surface area contributed by atoms with E-state index in [1.165, 1.54) is 12.1 Å². The third-order valence-electron chi connectivity index (χ3n) is 5.50. The fraction of sp³-hybridized carbons (Fsp3) is 0.304. The maximum atomic E-state index is 13.2. The van der Waals surface area contributed by atoms with Crippen LogP contribution in [0.1, 0.15) is 29.7 Å². The van der Waals surface area contributed by atoms with Gasteiger partial charge in [-0.1, -0.05) is 6.07 Å². The van der Waals surface area contributed by atoms with Crippen molar-refractivity contribution in [3.63, 3.8) is 0 Å². The van der Waals surface area contributed by atoms with Crippen molar-refractivity contribution in [1.82, 2.24) is 20.3 Å². The number of hydrogen-bond acceptors (Lipinski definition) is 4. The molecule has 7 heteroatoms. The third-order valence-corrected chi connectivity index (χ3v) is 5.50. The number of H-pyrrole nitrogens is 1. The predicted molar refractivity (Wildman–Crippen MR) is 111 cm³/mol. The highest BCUT2D eigenvalue weighted by atomic mass is 19.1. The van der Waals surface area contributed by atoms with E-state index in [0.29, 0.717) is 49.2 Å². The largest absolute Gasteiger partial charge is 0.356 e. The minimum absolute atomic E-state index is 0.0156. The van der Waals surface area contributed by atoms with Crippen molar-refractivity contribution in [3.05, 3.63) is 81.8 Å². The van der Waals surface area contributed by atoms with Gasteiger partial charge in [0.05, 0.1) is 5.69 Å². The van der Waals surface area contributed by atoms with Gasteiger partial charge in [0.1, 0.15) is 11.6 Å². The average molecular weight is 406 g/mol. The molecule has 0 fully saturated rings. The number of benzene rings is 1. The van der Waals surface area contributed by atoms with Gasteiger partial charge in [0.15, 0.2) is 0 Å². The van der Waals surface area contributed by atoms with Crippen LogP contribution in [0.4, 0.5) is 4.39 Å². The first-order chi connectivity index (χ1) is 14.6. The number of aryl methyl sites for hydroxylation is 1. The van der Waals surface area contributed by atoms with Crippen LogP contribution in [0, 0.1) is 11.7 Å². The van der Waals surface area contributed by atoms with Crippen LogP contribution in [0.15, 0.2) is 53.6 Å². The number of rotatable bonds is 5. The summed E-state index contributed by atoms with van der Waals surface area (Å²) in [7, 11) is 0. The van der Waals surface area contributed by atoms with Crippen molar-refractivity contribution in [2.24, 2.45) is 5.92 Å². The van der Waals surface area contributed by atoms with Gasteiger partial charge >= 0.3 is 0 Å². The number of aromatic nitrogens is 3. The molecular formula is C23H23FN4O2. The van der Waals surface area contributed by atoms with Gasteiger partial charge in [0.25, 0.3) is 5.56 Å². The maximum Gasteiger partial charge on any atom is 0.254 e. The summed E-state index contributed by atoms with van der Waals surface area (Å²) < 4.78 is 13.2. The molecule has 1 amide bonds. The SMILES string of the molecule is O=C(NCCc1cccnc1)C1CCc2nc(-c3ccc(F)cc3)[nH]c(=O)c2CC1. The van der Waals surface area contributed by atoms with Gasteiger partial charge < -0.3 is 10.3 Å². The van der Waals surface area contributed by atoms with Crippen molar-refractivity contribution < 1.29 is 9.18 Å². The molecule has 1 unspecified atom stereocenters. The van der Waals surface area contributed by atoms with Gasteiger partial charge in [-0.25, -0.2) is 9.37 Å². The number of amides is 1. The van der Waals surface area contributed by atoms with E-state index in [9.17, 15) is 14.0 Å². The van der Waals surface area contributed by atoms with Crippen molar-refractivity contribution in [2.45, 2.75) is 32.1 Å². The van der Waals surface area contributed by atoms with Crippen molar-refractivity contribution >= 4 is 5.91 Å². The molecule has 0 saturated carbocycles. The Labute approximate surface area is 173 Å². The molecule has 30 heavy (non-hydrogen) atoms. The fourth-order valence-corrected chi connectivity index (χ4v) is 3.81. The normalized spacial score (nSPS) is 15.8. The molecule has 0 bridgehead atoms. The van der Waals surface area contributed by atoms with Gasteiger partial charge in [0.2, 0.25) is 5.91 Å². The summed E-state index contributed by atoms with van der Waals surface area (Å²) in [6, 6.07) is 9.73. The Morgan fingerprint density at radius 3 is 2.73 bits per heavy atom. The zero-order valence-electron chi connectivity index (χ0n) is 16.5. The molecule has 2 heterocycles. The van der Waals surface area contributed by atoms with Crippen LogP contribution in [0.25, 0.3) is 11.4 Å². The van der Waals surface area contributed by atoms with Crippen molar-refractivity contribution in [2.75, 3.05) is 6.54 Å². The first-order valence-corrected chi connectivity index (χ1v) is 10.1.